The smallest absolute Gasteiger partial charge is 0.240 e. The third-order valence-corrected chi connectivity index (χ3v) is 3.24. The summed E-state index contributed by atoms with van der Waals surface area (Å²) in [7, 11) is 3.99. The van der Waals surface area contributed by atoms with E-state index < -0.39 is 0 Å². The van der Waals surface area contributed by atoms with Gasteiger partial charge in [0.2, 0.25) is 11.1 Å². The van der Waals surface area contributed by atoms with Gasteiger partial charge in [-0.3, -0.25) is 0 Å². The van der Waals surface area contributed by atoms with Crippen LogP contribution in [0.15, 0.2) is 34.5 Å². The Morgan fingerprint density at radius 3 is 2.86 bits per heavy atom. The summed E-state index contributed by atoms with van der Waals surface area (Å²) >= 11 is 1.26. The number of nitriles is 1. The SMILES string of the molecule is CN(C)c1ccc(/C=N\Nc2nc(SCC#N)n[nH]2)cc1. The molecular weight excluding hydrogens is 286 g/mol. The third-order valence-electron chi connectivity index (χ3n) is 2.52. The minimum Gasteiger partial charge on any atom is -0.378 e. The zero-order chi connectivity index (χ0) is 15.1. The van der Waals surface area contributed by atoms with E-state index >= 15 is 0 Å². The van der Waals surface area contributed by atoms with Crippen molar-refractivity contribution in [3.8, 4) is 6.07 Å². The monoisotopic (exact) mass is 301 g/mol. The fraction of sp³-hybridized carbons (Fsp3) is 0.231. The van der Waals surface area contributed by atoms with Gasteiger partial charge in [-0.15, -0.1) is 5.10 Å². The summed E-state index contributed by atoms with van der Waals surface area (Å²) in [5.74, 6) is 0.760. The zero-order valence-corrected chi connectivity index (χ0v) is 12.6. The van der Waals surface area contributed by atoms with Gasteiger partial charge in [-0.1, -0.05) is 23.9 Å². The Morgan fingerprint density at radius 2 is 2.19 bits per heavy atom. The van der Waals surface area contributed by atoms with E-state index in [1.54, 1.807) is 6.21 Å². The standard InChI is InChI=1S/C13H15N7S/c1-20(2)11-5-3-10(4-6-11)9-15-17-12-16-13(19-18-12)21-8-7-14/h3-6,9H,8H2,1-2H3,(H2,16,17,18,19)/b15-9-. The first-order valence-electron chi connectivity index (χ1n) is 6.17. The van der Waals surface area contributed by atoms with Crippen molar-refractivity contribution < 1.29 is 0 Å². The molecule has 0 bridgehead atoms. The lowest BCUT2D eigenvalue weighted by molar-refractivity contribution is 0.975. The Bertz CT molecular complexity index is 639. The average Bonchev–Trinajstić information content (AvgIpc) is 2.93. The number of benzene rings is 1. The molecule has 0 aliphatic rings. The van der Waals surface area contributed by atoms with E-state index in [0.29, 0.717) is 16.9 Å². The topological polar surface area (TPSA) is 93.0 Å². The number of thioether (sulfide) groups is 1. The van der Waals surface area contributed by atoms with Crippen molar-refractivity contribution in [1.29, 1.82) is 5.26 Å². The normalized spacial score (nSPS) is 10.5. The molecule has 2 rings (SSSR count). The average molecular weight is 301 g/mol. The number of aromatic nitrogens is 3. The summed E-state index contributed by atoms with van der Waals surface area (Å²) in [6.07, 6.45) is 1.70. The van der Waals surface area contributed by atoms with Crippen LogP contribution in [-0.2, 0) is 0 Å². The lowest BCUT2D eigenvalue weighted by Gasteiger charge is -2.11. The Labute approximate surface area is 127 Å². The van der Waals surface area contributed by atoms with Crippen LogP contribution in [0.25, 0.3) is 0 Å². The van der Waals surface area contributed by atoms with Gasteiger partial charge in [0.1, 0.15) is 0 Å². The molecule has 0 saturated carbocycles. The van der Waals surface area contributed by atoms with Crippen LogP contribution in [-0.4, -0.2) is 41.2 Å². The summed E-state index contributed by atoms with van der Waals surface area (Å²) in [6.45, 7) is 0. The van der Waals surface area contributed by atoms with Crippen molar-refractivity contribution in [1.82, 2.24) is 15.2 Å². The number of hydrogen-bond donors (Lipinski definition) is 2. The summed E-state index contributed by atoms with van der Waals surface area (Å²) in [6, 6.07) is 10.0. The van der Waals surface area contributed by atoms with Gasteiger partial charge in [0.05, 0.1) is 18.0 Å². The lowest BCUT2D eigenvalue weighted by Crippen LogP contribution is -2.08. The molecule has 0 atom stereocenters. The maximum absolute atomic E-state index is 8.48. The molecule has 1 heterocycles. The van der Waals surface area contributed by atoms with Gasteiger partial charge in [-0.05, 0) is 17.7 Å². The highest BCUT2D eigenvalue weighted by molar-refractivity contribution is 7.99. The van der Waals surface area contributed by atoms with Crippen LogP contribution < -0.4 is 10.3 Å². The Balaban J connectivity index is 1.90. The van der Waals surface area contributed by atoms with Gasteiger partial charge >= 0.3 is 0 Å². The van der Waals surface area contributed by atoms with Gasteiger partial charge in [0.15, 0.2) is 0 Å². The minimum absolute atomic E-state index is 0.318. The number of rotatable bonds is 6. The van der Waals surface area contributed by atoms with Crippen LogP contribution in [0.3, 0.4) is 0 Å². The summed E-state index contributed by atoms with van der Waals surface area (Å²) in [5.41, 5.74) is 4.87. The molecule has 8 heteroatoms. The van der Waals surface area contributed by atoms with Gasteiger partial charge in [-0.25, -0.2) is 10.5 Å². The van der Waals surface area contributed by atoms with Crippen molar-refractivity contribution in [2.45, 2.75) is 5.16 Å². The largest absolute Gasteiger partial charge is 0.378 e. The van der Waals surface area contributed by atoms with E-state index in [-0.39, 0.29) is 0 Å². The molecule has 0 aliphatic carbocycles. The molecule has 1 aromatic heterocycles. The molecular formula is C13H15N7S. The number of hydrogen-bond acceptors (Lipinski definition) is 7. The first-order chi connectivity index (χ1) is 10.2. The molecule has 0 radical (unpaired) electrons. The summed E-state index contributed by atoms with van der Waals surface area (Å²) in [4.78, 5) is 6.17. The van der Waals surface area contributed by atoms with E-state index in [1.165, 1.54) is 11.8 Å². The zero-order valence-electron chi connectivity index (χ0n) is 11.7. The van der Waals surface area contributed by atoms with Gasteiger partial charge in [0, 0.05) is 19.8 Å². The first kappa shape index (κ1) is 14.9. The summed E-state index contributed by atoms with van der Waals surface area (Å²) in [5, 5.41) is 19.7. The Hall–Kier alpha value is -2.53. The second kappa shape index (κ2) is 7.31. The molecule has 21 heavy (non-hydrogen) atoms. The van der Waals surface area contributed by atoms with Crippen LogP contribution >= 0.6 is 11.8 Å². The van der Waals surface area contributed by atoms with Crippen molar-refractivity contribution in [2.24, 2.45) is 5.10 Å². The number of aromatic amines is 1. The van der Waals surface area contributed by atoms with Gasteiger partial charge < -0.3 is 4.90 Å². The minimum atomic E-state index is 0.318. The second-order valence-electron chi connectivity index (χ2n) is 4.27. The Morgan fingerprint density at radius 1 is 1.43 bits per heavy atom. The number of nitrogens with one attached hydrogen (secondary N) is 2. The van der Waals surface area contributed by atoms with E-state index in [2.05, 4.69) is 25.7 Å². The molecule has 0 fully saturated rings. The highest BCUT2D eigenvalue weighted by atomic mass is 32.2. The molecule has 0 saturated heterocycles. The van der Waals surface area contributed by atoms with Crippen molar-refractivity contribution in [2.75, 3.05) is 30.2 Å². The quantitative estimate of drug-likeness (QED) is 0.481. The lowest BCUT2D eigenvalue weighted by atomic mass is 10.2. The van der Waals surface area contributed by atoms with Crippen molar-refractivity contribution in [3.63, 3.8) is 0 Å². The molecule has 1 aromatic carbocycles. The fourth-order valence-electron chi connectivity index (χ4n) is 1.48. The van der Waals surface area contributed by atoms with Crippen LogP contribution in [0.5, 0.6) is 0 Å². The predicted molar refractivity (Wildman–Crippen MR) is 84.7 cm³/mol. The van der Waals surface area contributed by atoms with Crippen LogP contribution in [0.1, 0.15) is 5.56 Å². The first-order valence-corrected chi connectivity index (χ1v) is 7.16. The molecule has 2 aromatic rings. The maximum Gasteiger partial charge on any atom is 0.240 e. The van der Waals surface area contributed by atoms with Gasteiger partial charge in [0.25, 0.3) is 0 Å². The third kappa shape index (κ3) is 4.50. The molecule has 2 N–H and O–H groups in total. The predicted octanol–water partition coefficient (Wildman–Crippen LogP) is 1.93. The fourth-order valence-corrected chi connectivity index (χ4v) is 1.94. The highest BCUT2D eigenvalue weighted by Gasteiger charge is 2.01. The molecule has 0 unspecified atom stereocenters. The number of hydrazone groups is 1. The number of nitrogens with zero attached hydrogens (tertiary/aromatic N) is 5. The Kier molecular flexibility index (Phi) is 5.17. The molecule has 108 valence electrons. The molecule has 0 spiro atoms. The maximum atomic E-state index is 8.48. The molecule has 0 aliphatic heterocycles. The van der Waals surface area contributed by atoms with Crippen LogP contribution in [0.4, 0.5) is 11.6 Å². The second-order valence-corrected chi connectivity index (χ2v) is 5.21. The van der Waals surface area contributed by atoms with Crippen molar-refractivity contribution in [3.05, 3.63) is 29.8 Å². The molecule has 7 nitrogen and oxygen atoms in total. The highest BCUT2D eigenvalue weighted by Crippen LogP contribution is 2.13. The van der Waals surface area contributed by atoms with Crippen molar-refractivity contribution >= 4 is 29.6 Å². The van der Waals surface area contributed by atoms with Crippen LogP contribution in [0, 0.1) is 11.3 Å². The van der Waals surface area contributed by atoms with E-state index in [4.69, 9.17) is 5.26 Å². The van der Waals surface area contributed by atoms with E-state index in [9.17, 15) is 0 Å². The summed E-state index contributed by atoms with van der Waals surface area (Å²) < 4.78 is 0. The number of anilines is 2. The number of H-pyrrole nitrogens is 1. The molecule has 0 amide bonds. The van der Waals surface area contributed by atoms with Gasteiger partial charge in [-0.2, -0.15) is 15.3 Å². The van der Waals surface area contributed by atoms with Crippen LogP contribution in [0.2, 0.25) is 0 Å². The van der Waals surface area contributed by atoms with E-state index in [0.717, 1.165) is 11.3 Å². The van der Waals surface area contributed by atoms with E-state index in [1.807, 2.05) is 49.3 Å².